The zero-order valence-electron chi connectivity index (χ0n) is 7.25. The van der Waals surface area contributed by atoms with Crippen LogP contribution in [0, 0.1) is 10.1 Å². The fourth-order valence-corrected chi connectivity index (χ4v) is 1.09. The lowest BCUT2D eigenvalue weighted by molar-refractivity contribution is -0.386. The van der Waals surface area contributed by atoms with Gasteiger partial charge in [-0.1, -0.05) is 12.1 Å². The van der Waals surface area contributed by atoms with E-state index in [1.165, 1.54) is 18.2 Å². The highest BCUT2D eigenvalue weighted by Crippen LogP contribution is 2.32. The predicted octanol–water partition coefficient (Wildman–Crippen LogP) is 0.292. The molecule has 0 fully saturated rings. The van der Waals surface area contributed by atoms with Gasteiger partial charge in [0.15, 0.2) is 5.75 Å². The number of nitro benzene ring substituents is 1. The van der Waals surface area contributed by atoms with Crippen molar-refractivity contribution in [3.05, 3.63) is 33.9 Å². The van der Waals surface area contributed by atoms with Crippen LogP contribution in [0.25, 0.3) is 0 Å². The number of aliphatic hydroxyl groups excluding tert-OH is 1. The zero-order chi connectivity index (χ0) is 10.7. The molecule has 14 heavy (non-hydrogen) atoms. The molecule has 0 heterocycles. The first-order chi connectivity index (χ1) is 6.57. The Bertz CT molecular complexity index is 353. The topological polar surface area (TPSA) is 110 Å². The Morgan fingerprint density at radius 2 is 2.21 bits per heavy atom. The molecule has 1 aromatic rings. The van der Waals surface area contributed by atoms with E-state index in [2.05, 4.69) is 0 Å². The second kappa shape index (κ2) is 4.03. The minimum Gasteiger partial charge on any atom is -0.502 e. The largest absolute Gasteiger partial charge is 0.502 e. The van der Waals surface area contributed by atoms with Crippen LogP contribution in [0.4, 0.5) is 5.69 Å². The number of aromatic hydroxyl groups is 1. The van der Waals surface area contributed by atoms with E-state index in [-0.39, 0.29) is 12.2 Å². The number of hydrogen-bond acceptors (Lipinski definition) is 5. The van der Waals surface area contributed by atoms with E-state index in [9.17, 15) is 15.2 Å². The Morgan fingerprint density at radius 1 is 1.57 bits per heavy atom. The first-order valence-electron chi connectivity index (χ1n) is 3.90. The molecule has 0 radical (unpaired) electrons. The Kier molecular flexibility index (Phi) is 3.00. The van der Waals surface area contributed by atoms with E-state index < -0.39 is 22.4 Å². The van der Waals surface area contributed by atoms with Crippen LogP contribution in [0.3, 0.4) is 0 Å². The van der Waals surface area contributed by atoms with Gasteiger partial charge >= 0.3 is 5.69 Å². The molecule has 0 bridgehead atoms. The summed E-state index contributed by atoms with van der Waals surface area (Å²) in [6, 6.07) is 3.20. The number of phenols is 1. The van der Waals surface area contributed by atoms with Gasteiger partial charge in [-0.05, 0) is 0 Å². The Balaban J connectivity index is 3.20. The maximum Gasteiger partial charge on any atom is 0.311 e. The molecule has 6 heteroatoms. The quantitative estimate of drug-likeness (QED) is 0.477. The molecule has 0 aromatic heterocycles. The zero-order valence-corrected chi connectivity index (χ0v) is 7.25. The van der Waals surface area contributed by atoms with Crippen LogP contribution in [0.15, 0.2) is 18.2 Å². The minimum atomic E-state index is -0.810. The summed E-state index contributed by atoms with van der Waals surface area (Å²) in [4.78, 5) is 9.72. The van der Waals surface area contributed by atoms with Crippen LogP contribution in [0.1, 0.15) is 11.6 Å². The molecule has 0 unspecified atom stereocenters. The minimum absolute atomic E-state index is 0.168. The molecule has 4 N–H and O–H groups in total. The van der Waals surface area contributed by atoms with E-state index in [1.807, 2.05) is 0 Å². The van der Waals surface area contributed by atoms with Crippen molar-refractivity contribution in [3.8, 4) is 5.75 Å². The lowest BCUT2D eigenvalue weighted by Crippen LogP contribution is -2.14. The number of para-hydroxylation sites is 1. The van der Waals surface area contributed by atoms with Gasteiger partial charge in [0, 0.05) is 11.6 Å². The molecule has 1 atom stereocenters. The molecule has 0 saturated heterocycles. The number of phenolic OH excluding ortho intramolecular Hbond substituents is 1. The highest BCUT2D eigenvalue weighted by atomic mass is 16.6. The number of rotatable bonds is 3. The van der Waals surface area contributed by atoms with Crippen molar-refractivity contribution in [2.75, 3.05) is 6.61 Å². The third kappa shape index (κ3) is 1.81. The number of nitro groups is 1. The van der Waals surface area contributed by atoms with Gasteiger partial charge in [0.25, 0.3) is 0 Å². The molecular weight excluding hydrogens is 188 g/mol. The number of aliphatic hydroxyl groups is 1. The highest BCUT2D eigenvalue weighted by Gasteiger charge is 2.19. The van der Waals surface area contributed by atoms with Crippen molar-refractivity contribution in [1.29, 1.82) is 0 Å². The van der Waals surface area contributed by atoms with E-state index in [1.54, 1.807) is 0 Å². The molecule has 0 aliphatic carbocycles. The number of nitrogens with zero attached hydrogens (tertiary/aromatic N) is 1. The van der Waals surface area contributed by atoms with Gasteiger partial charge in [-0.2, -0.15) is 0 Å². The van der Waals surface area contributed by atoms with Gasteiger partial charge in [0.2, 0.25) is 0 Å². The van der Waals surface area contributed by atoms with Gasteiger partial charge in [-0.25, -0.2) is 0 Å². The van der Waals surface area contributed by atoms with Crippen molar-refractivity contribution < 1.29 is 15.1 Å². The number of nitrogens with two attached hydrogens (primary N) is 1. The lowest BCUT2D eigenvalue weighted by Gasteiger charge is -2.09. The Labute approximate surface area is 79.7 Å². The van der Waals surface area contributed by atoms with Gasteiger partial charge in [0.1, 0.15) is 0 Å². The molecule has 6 nitrogen and oxygen atoms in total. The second-order valence-electron chi connectivity index (χ2n) is 2.76. The third-order valence-electron chi connectivity index (χ3n) is 1.84. The van der Waals surface area contributed by atoms with Crippen LogP contribution < -0.4 is 5.73 Å². The van der Waals surface area contributed by atoms with Crippen molar-refractivity contribution in [3.63, 3.8) is 0 Å². The monoisotopic (exact) mass is 198 g/mol. The molecule has 1 rings (SSSR count). The molecule has 0 amide bonds. The summed E-state index contributed by atoms with van der Waals surface area (Å²) in [5.74, 6) is -0.487. The molecule has 76 valence electrons. The molecular formula is C8H10N2O4. The maximum atomic E-state index is 10.4. The third-order valence-corrected chi connectivity index (χ3v) is 1.84. The summed E-state index contributed by atoms with van der Waals surface area (Å²) in [6.45, 7) is -0.380. The Hall–Kier alpha value is -1.66. The average molecular weight is 198 g/mol. The fourth-order valence-electron chi connectivity index (χ4n) is 1.09. The summed E-state index contributed by atoms with van der Waals surface area (Å²) >= 11 is 0. The van der Waals surface area contributed by atoms with E-state index in [0.29, 0.717) is 0 Å². The van der Waals surface area contributed by atoms with Crippen molar-refractivity contribution in [1.82, 2.24) is 0 Å². The SMILES string of the molecule is N[C@H](CO)c1cccc([N+](=O)[O-])c1O. The smallest absolute Gasteiger partial charge is 0.311 e. The van der Waals surface area contributed by atoms with Crippen LogP contribution in [0.5, 0.6) is 5.75 Å². The first-order valence-corrected chi connectivity index (χ1v) is 3.90. The van der Waals surface area contributed by atoms with Crippen molar-refractivity contribution in [2.45, 2.75) is 6.04 Å². The molecule has 1 aromatic carbocycles. The molecule has 0 spiro atoms. The van der Waals surface area contributed by atoms with E-state index >= 15 is 0 Å². The van der Waals surface area contributed by atoms with Gasteiger partial charge < -0.3 is 15.9 Å². The molecule has 0 aliphatic rings. The fraction of sp³-hybridized carbons (Fsp3) is 0.250. The van der Waals surface area contributed by atoms with E-state index in [4.69, 9.17) is 10.8 Å². The standard InChI is InChI=1S/C8H10N2O4/c9-6(4-11)5-2-1-3-7(8(5)12)10(13)14/h1-3,6,11-12H,4,9H2/t6-/m1/s1. The average Bonchev–Trinajstić information content (AvgIpc) is 2.16. The number of benzene rings is 1. The van der Waals surface area contributed by atoms with E-state index in [0.717, 1.165) is 0 Å². The summed E-state index contributed by atoms with van der Waals surface area (Å²) in [5.41, 5.74) is 5.19. The summed E-state index contributed by atoms with van der Waals surface area (Å²) in [5, 5.41) is 28.6. The van der Waals surface area contributed by atoms with Crippen LogP contribution in [0.2, 0.25) is 0 Å². The van der Waals surface area contributed by atoms with Crippen molar-refractivity contribution >= 4 is 5.69 Å². The first kappa shape index (κ1) is 10.4. The maximum absolute atomic E-state index is 10.4. The summed E-state index contributed by atoms with van der Waals surface area (Å²) < 4.78 is 0. The van der Waals surface area contributed by atoms with Crippen LogP contribution >= 0.6 is 0 Å². The number of hydrogen-bond donors (Lipinski definition) is 3. The van der Waals surface area contributed by atoms with Gasteiger partial charge in [-0.3, -0.25) is 10.1 Å². The van der Waals surface area contributed by atoms with Crippen LogP contribution in [-0.4, -0.2) is 21.7 Å². The lowest BCUT2D eigenvalue weighted by atomic mass is 10.1. The van der Waals surface area contributed by atoms with Crippen molar-refractivity contribution in [2.24, 2.45) is 5.73 Å². The Morgan fingerprint density at radius 3 is 2.71 bits per heavy atom. The predicted molar refractivity (Wildman–Crippen MR) is 48.8 cm³/mol. The molecule has 0 aliphatic heterocycles. The summed E-state index contributed by atoms with van der Waals surface area (Å²) in [6.07, 6.45) is 0. The molecule has 0 saturated carbocycles. The van der Waals surface area contributed by atoms with Gasteiger partial charge in [-0.15, -0.1) is 0 Å². The van der Waals surface area contributed by atoms with Crippen LogP contribution in [-0.2, 0) is 0 Å². The second-order valence-corrected chi connectivity index (χ2v) is 2.76. The van der Waals surface area contributed by atoms with Gasteiger partial charge in [0.05, 0.1) is 17.6 Å². The summed E-state index contributed by atoms with van der Waals surface area (Å²) in [7, 11) is 0. The normalized spacial score (nSPS) is 12.4. The highest BCUT2D eigenvalue weighted by molar-refractivity contribution is 5.51.